The molecule has 0 bridgehead atoms. The Morgan fingerprint density at radius 3 is 2.37 bits per heavy atom. The summed E-state index contributed by atoms with van der Waals surface area (Å²) in [7, 11) is 3.05. The molecule has 0 unspecified atom stereocenters. The number of hydrogen-bond donors (Lipinski definition) is 0. The van der Waals surface area contributed by atoms with Gasteiger partial charge in [-0.3, -0.25) is 14.5 Å². The van der Waals surface area contributed by atoms with Crippen molar-refractivity contribution in [2.24, 2.45) is 0 Å². The Hall–Kier alpha value is -2.32. The number of nitrogens with zero attached hydrogens (tertiary/aromatic N) is 1. The van der Waals surface area contributed by atoms with Gasteiger partial charge in [0.05, 0.1) is 25.7 Å². The maximum atomic E-state index is 13.0. The molecule has 3 rings (SSSR count). The van der Waals surface area contributed by atoms with Crippen molar-refractivity contribution in [1.29, 1.82) is 0 Å². The number of halogens is 2. The molecular weight excluding hydrogens is 437 g/mol. The Morgan fingerprint density at radius 2 is 1.74 bits per heavy atom. The van der Waals surface area contributed by atoms with Gasteiger partial charge in [-0.05, 0) is 53.2 Å². The lowest BCUT2D eigenvalue weighted by Gasteiger charge is -2.12. The fourth-order valence-corrected chi connectivity index (χ4v) is 3.80. The van der Waals surface area contributed by atoms with Crippen LogP contribution in [0.3, 0.4) is 0 Å². The summed E-state index contributed by atoms with van der Waals surface area (Å²) >= 11 is 4.30. The standard InChI is InChI=1S/C19H15BrFNO4S/c1-25-15-7-12(14(20)9-16(15)26-2)8-17-18(23)22(19(24)27-17)10-11-3-5-13(21)6-4-11/h3-9H,10H2,1-2H3/b17-8-. The van der Waals surface area contributed by atoms with E-state index >= 15 is 0 Å². The fourth-order valence-electron chi connectivity index (χ4n) is 2.53. The van der Waals surface area contributed by atoms with E-state index in [2.05, 4.69) is 15.9 Å². The van der Waals surface area contributed by atoms with Crippen LogP contribution in [0.2, 0.25) is 0 Å². The van der Waals surface area contributed by atoms with Crippen LogP contribution in [0.1, 0.15) is 11.1 Å². The summed E-state index contributed by atoms with van der Waals surface area (Å²) in [5, 5.41) is -0.368. The van der Waals surface area contributed by atoms with Crippen molar-refractivity contribution in [2.45, 2.75) is 6.54 Å². The smallest absolute Gasteiger partial charge is 0.293 e. The summed E-state index contributed by atoms with van der Waals surface area (Å²) in [6.07, 6.45) is 1.63. The predicted molar refractivity (Wildman–Crippen MR) is 105 cm³/mol. The largest absolute Gasteiger partial charge is 0.493 e. The average molecular weight is 452 g/mol. The van der Waals surface area contributed by atoms with Gasteiger partial charge in [-0.1, -0.05) is 28.1 Å². The van der Waals surface area contributed by atoms with E-state index in [1.54, 1.807) is 30.3 Å². The molecule has 0 N–H and O–H groups in total. The van der Waals surface area contributed by atoms with Gasteiger partial charge in [-0.2, -0.15) is 0 Å². The van der Waals surface area contributed by atoms with Crippen LogP contribution in [0.25, 0.3) is 6.08 Å². The van der Waals surface area contributed by atoms with E-state index in [1.807, 2.05) is 0 Å². The molecule has 27 heavy (non-hydrogen) atoms. The first-order valence-electron chi connectivity index (χ1n) is 7.84. The van der Waals surface area contributed by atoms with Crippen LogP contribution >= 0.6 is 27.7 Å². The Balaban J connectivity index is 1.87. The Bertz CT molecular complexity index is 930. The van der Waals surface area contributed by atoms with Gasteiger partial charge < -0.3 is 9.47 Å². The molecule has 0 radical (unpaired) electrons. The second-order valence-electron chi connectivity index (χ2n) is 5.62. The third kappa shape index (κ3) is 4.17. The van der Waals surface area contributed by atoms with Crippen molar-refractivity contribution < 1.29 is 23.5 Å². The van der Waals surface area contributed by atoms with Crippen molar-refractivity contribution in [3.8, 4) is 11.5 Å². The number of rotatable bonds is 5. The van der Waals surface area contributed by atoms with Crippen molar-refractivity contribution in [3.05, 3.63) is 62.7 Å². The molecule has 0 saturated carbocycles. The van der Waals surface area contributed by atoms with Crippen molar-refractivity contribution >= 4 is 44.9 Å². The molecule has 0 aromatic heterocycles. The number of carbonyl (C=O) groups is 2. The number of hydrogen-bond acceptors (Lipinski definition) is 5. The third-order valence-corrected chi connectivity index (χ3v) is 5.51. The molecule has 2 aromatic rings. The molecule has 2 aromatic carbocycles. The lowest BCUT2D eigenvalue weighted by atomic mass is 10.1. The summed E-state index contributed by atoms with van der Waals surface area (Å²) < 4.78 is 24.2. The van der Waals surface area contributed by atoms with Crippen LogP contribution in [0, 0.1) is 5.82 Å². The van der Waals surface area contributed by atoms with Gasteiger partial charge in [0.2, 0.25) is 0 Å². The lowest BCUT2D eigenvalue weighted by Crippen LogP contribution is -2.27. The third-order valence-electron chi connectivity index (χ3n) is 3.92. The van der Waals surface area contributed by atoms with Crippen LogP contribution < -0.4 is 9.47 Å². The summed E-state index contributed by atoms with van der Waals surface area (Å²) in [6, 6.07) is 9.14. The number of thioether (sulfide) groups is 1. The second-order valence-corrected chi connectivity index (χ2v) is 7.47. The van der Waals surface area contributed by atoms with E-state index in [-0.39, 0.29) is 17.6 Å². The van der Waals surface area contributed by atoms with E-state index < -0.39 is 5.91 Å². The molecule has 1 aliphatic rings. The summed E-state index contributed by atoms with van der Waals surface area (Å²) in [5.41, 5.74) is 1.35. The Morgan fingerprint density at radius 1 is 1.11 bits per heavy atom. The molecule has 0 spiro atoms. The molecule has 1 saturated heterocycles. The first kappa shape index (κ1) is 19.4. The van der Waals surface area contributed by atoms with Gasteiger partial charge in [0, 0.05) is 4.47 Å². The number of imide groups is 1. The monoisotopic (exact) mass is 451 g/mol. The van der Waals surface area contributed by atoms with E-state index in [0.29, 0.717) is 32.0 Å². The molecule has 1 fully saturated rings. The van der Waals surface area contributed by atoms with Crippen LogP contribution in [-0.2, 0) is 11.3 Å². The minimum atomic E-state index is -0.393. The Labute approximate surface area is 168 Å². The van der Waals surface area contributed by atoms with Gasteiger partial charge in [-0.25, -0.2) is 4.39 Å². The lowest BCUT2D eigenvalue weighted by molar-refractivity contribution is -0.123. The van der Waals surface area contributed by atoms with Gasteiger partial charge in [0.25, 0.3) is 11.1 Å². The zero-order chi connectivity index (χ0) is 19.6. The molecule has 0 atom stereocenters. The minimum Gasteiger partial charge on any atom is -0.493 e. The molecule has 140 valence electrons. The van der Waals surface area contributed by atoms with E-state index in [0.717, 1.165) is 16.7 Å². The normalized spacial score (nSPS) is 15.6. The maximum absolute atomic E-state index is 13.0. The zero-order valence-electron chi connectivity index (χ0n) is 14.5. The molecule has 5 nitrogen and oxygen atoms in total. The summed E-state index contributed by atoms with van der Waals surface area (Å²) in [6.45, 7) is 0.0926. The number of methoxy groups -OCH3 is 2. The number of amides is 2. The SMILES string of the molecule is COc1cc(Br)c(/C=C2\SC(=O)N(Cc3ccc(F)cc3)C2=O)cc1OC. The quantitative estimate of drug-likeness (QED) is 0.608. The van der Waals surface area contributed by atoms with E-state index in [4.69, 9.17) is 9.47 Å². The summed E-state index contributed by atoms with van der Waals surface area (Å²) in [5.74, 6) is 0.297. The van der Waals surface area contributed by atoms with Crippen LogP contribution in [0.5, 0.6) is 11.5 Å². The highest BCUT2D eigenvalue weighted by Crippen LogP contribution is 2.38. The average Bonchev–Trinajstić information content (AvgIpc) is 2.92. The fraction of sp³-hybridized carbons (Fsp3) is 0.158. The highest BCUT2D eigenvalue weighted by molar-refractivity contribution is 9.10. The molecule has 8 heteroatoms. The maximum Gasteiger partial charge on any atom is 0.293 e. The highest BCUT2D eigenvalue weighted by atomic mass is 79.9. The van der Waals surface area contributed by atoms with E-state index in [9.17, 15) is 14.0 Å². The molecule has 2 amide bonds. The molecule has 1 aliphatic heterocycles. The number of carbonyl (C=O) groups excluding carboxylic acids is 2. The molecule has 1 heterocycles. The zero-order valence-corrected chi connectivity index (χ0v) is 16.9. The van der Waals surface area contributed by atoms with Gasteiger partial charge in [-0.15, -0.1) is 0 Å². The topological polar surface area (TPSA) is 55.8 Å². The molecule has 0 aliphatic carbocycles. The Kier molecular flexibility index (Phi) is 5.86. The first-order valence-corrected chi connectivity index (χ1v) is 9.45. The highest BCUT2D eigenvalue weighted by Gasteiger charge is 2.35. The second kappa shape index (κ2) is 8.14. The van der Waals surface area contributed by atoms with Crippen LogP contribution in [0.4, 0.5) is 9.18 Å². The molecular formula is C19H15BrFNO4S. The van der Waals surface area contributed by atoms with E-state index in [1.165, 1.54) is 26.4 Å². The number of benzene rings is 2. The van der Waals surface area contributed by atoms with Crippen LogP contribution in [-0.4, -0.2) is 30.3 Å². The summed E-state index contributed by atoms with van der Waals surface area (Å²) in [4.78, 5) is 26.4. The number of ether oxygens (including phenoxy) is 2. The van der Waals surface area contributed by atoms with Gasteiger partial charge >= 0.3 is 0 Å². The minimum absolute atomic E-state index is 0.0926. The predicted octanol–water partition coefficient (Wildman–Crippen LogP) is 4.84. The van der Waals surface area contributed by atoms with Gasteiger partial charge in [0.1, 0.15) is 5.82 Å². The first-order chi connectivity index (χ1) is 12.9. The van der Waals surface area contributed by atoms with Crippen LogP contribution in [0.15, 0.2) is 45.8 Å². The van der Waals surface area contributed by atoms with Crippen molar-refractivity contribution in [2.75, 3.05) is 14.2 Å². The van der Waals surface area contributed by atoms with Gasteiger partial charge in [0.15, 0.2) is 11.5 Å². The van der Waals surface area contributed by atoms with Crippen molar-refractivity contribution in [1.82, 2.24) is 4.90 Å². The van der Waals surface area contributed by atoms with Crippen molar-refractivity contribution in [3.63, 3.8) is 0 Å².